The van der Waals surface area contributed by atoms with Crippen molar-refractivity contribution in [2.24, 2.45) is 5.92 Å². The first-order valence-corrected chi connectivity index (χ1v) is 7.17. The van der Waals surface area contributed by atoms with Crippen LogP contribution in [0.3, 0.4) is 0 Å². The minimum Gasteiger partial charge on any atom is -0.364 e. The van der Waals surface area contributed by atoms with E-state index in [1.54, 1.807) is 0 Å². The lowest BCUT2D eigenvalue weighted by Crippen LogP contribution is -2.38. The van der Waals surface area contributed by atoms with Crippen LogP contribution in [0.2, 0.25) is 0 Å². The molecule has 0 unspecified atom stereocenters. The Hall–Kier alpha value is -1.40. The van der Waals surface area contributed by atoms with Crippen LogP contribution in [0, 0.1) is 5.92 Å². The van der Waals surface area contributed by atoms with Crippen LogP contribution < -0.4 is 5.32 Å². The van der Waals surface area contributed by atoms with Crippen LogP contribution in [0.1, 0.15) is 43.1 Å². The van der Waals surface area contributed by atoms with E-state index < -0.39 is 5.79 Å². The molecule has 1 saturated carbocycles. The van der Waals surface area contributed by atoms with Crippen molar-refractivity contribution in [1.82, 2.24) is 10.5 Å². The molecule has 110 valence electrons. The van der Waals surface area contributed by atoms with Crippen LogP contribution in [-0.4, -0.2) is 36.1 Å². The van der Waals surface area contributed by atoms with Crippen molar-refractivity contribution in [1.29, 1.82) is 0 Å². The zero-order chi connectivity index (χ0) is 14.0. The Bertz CT molecular complexity index is 452. The Labute approximate surface area is 117 Å². The number of carbonyl (C=O) groups excluding carboxylic acids is 1. The number of amides is 1. The number of nitrogens with one attached hydrogen (secondary N) is 1. The summed E-state index contributed by atoms with van der Waals surface area (Å²) in [6, 6.07) is 1.53. The van der Waals surface area contributed by atoms with Gasteiger partial charge >= 0.3 is 0 Å². The predicted molar refractivity (Wildman–Crippen MR) is 70.0 cm³/mol. The van der Waals surface area contributed by atoms with E-state index in [-0.39, 0.29) is 17.7 Å². The van der Waals surface area contributed by atoms with Gasteiger partial charge in [0.2, 0.25) is 0 Å². The predicted octanol–water partition coefficient (Wildman–Crippen LogP) is 1.73. The van der Waals surface area contributed by atoms with Gasteiger partial charge in [-0.1, -0.05) is 12.1 Å². The lowest BCUT2D eigenvalue weighted by atomic mass is 9.86. The molecule has 0 bridgehead atoms. The van der Waals surface area contributed by atoms with Crippen LogP contribution in [0.15, 0.2) is 16.9 Å². The van der Waals surface area contributed by atoms with Gasteiger partial charge in [-0.25, -0.2) is 0 Å². The van der Waals surface area contributed by atoms with Gasteiger partial charge in [0.1, 0.15) is 12.4 Å². The van der Waals surface area contributed by atoms with E-state index in [4.69, 9.17) is 9.47 Å². The van der Waals surface area contributed by atoms with E-state index in [9.17, 15) is 4.79 Å². The van der Waals surface area contributed by atoms with Gasteiger partial charge in [0, 0.05) is 25.5 Å². The Kier molecular flexibility index (Phi) is 3.76. The standard InChI is InChI=1S/C14H20N2O4/c1-10-2-5-14(6-3-10)18-9-11(20-14)8-15-13(17)12-4-7-19-16-12/h4,7,10-11H,2-3,5-6,8-9H2,1H3,(H,15,17)/t10?,11-,14?/m1/s1. The number of aromatic nitrogens is 1. The van der Waals surface area contributed by atoms with Gasteiger partial charge in [0.15, 0.2) is 11.5 Å². The van der Waals surface area contributed by atoms with Crippen molar-refractivity contribution in [2.75, 3.05) is 13.2 Å². The fourth-order valence-electron chi connectivity index (χ4n) is 2.81. The molecule has 2 aliphatic rings. The zero-order valence-corrected chi connectivity index (χ0v) is 11.6. The lowest BCUT2D eigenvalue weighted by Gasteiger charge is -2.34. The van der Waals surface area contributed by atoms with Crippen molar-refractivity contribution in [3.05, 3.63) is 18.0 Å². The van der Waals surface area contributed by atoms with Crippen molar-refractivity contribution in [3.8, 4) is 0 Å². The molecule has 1 N–H and O–H groups in total. The summed E-state index contributed by atoms with van der Waals surface area (Å²) in [6.07, 6.45) is 5.46. The van der Waals surface area contributed by atoms with E-state index in [1.165, 1.54) is 12.3 Å². The molecule has 1 aliphatic carbocycles. The summed E-state index contributed by atoms with van der Waals surface area (Å²) in [6.45, 7) is 3.23. The van der Waals surface area contributed by atoms with Crippen molar-refractivity contribution >= 4 is 5.91 Å². The summed E-state index contributed by atoms with van der Waals surface area (Å²) in [5.41, 5.74) is 0.283. The summed E-state index contributed by atoms with van der Waals surface area (Å²) in [4.78, 5) is 11.7. The third-order valence-corrected chi connectivity index (χ3v) is 4.11. The molecule has 2 heterocycles. The Balaban J connectivity index is 1.47. The van der Waals surface area contributed by atoms with E-state index in [0.29, 0.717) is 13.2 Å². The smallest absolute Gasteiger partial charge is 0.273 e. The minimum absolute atomic E-state index is 0.0840. The molecule has 1 atom stereocenters. The highest BCUT2D eigenvalue weighted by Gasteiger charge is 2.43. The highest BCUT2D eigenvalue weighted by atomic mass is 16.7. The molecule has 20 heavy (non-hydrogen) atoms. The monoisotopic (exact) mass is 280 g/mol. The van der Waals surface area contributed by atoms with Gasteiger partial charge in [-0.05, 0) is 18.8 Å². The minimum atomic E-state index is -0.407. The molecule has 1 saturated heterocycles. The second kappa shape index (κ2) is 5.54. The van der Waals surface area contributed by atoms with Crippen LogP contribution >= 0.6 is 0 Å². The lowest BCUT2D eigenvalue weighted by molar-refractivity contribution is -0.191. The molecular weight excluding hydrogens is 260 g/mol. The second-order valence-electron chi connectivity index (χ2n) is 5.74. The molecule has 3 rings (SSSR count). The second-order valence-corrected chi connectivity index (χ2v) is 5.74. The molecule has 6 heteroatoms. The fourth-order valence-corrected chi connectivity index (χ4v) is 2.81. The van der Waals surface area contributed by atoms with Gasteiger partial charge in [-0.15, -0.1) is 0 Å². The number of hydrogen-bond acceptors (Lipinski definition) is 5. The first-order valence-electron chi connectivity index (χ1n) is 7.17. The summed E-state index contributed by atoms with van der Waals surface area (Å²) in [7, 11) is 0. The van der Waals surface area contributed by atoms with Crippen molar-refractivity contribution in [3.63, 3.8) is 0 Å². The number of carbonyl (C=O) groups is 1. The first-order chi connectivity index (χ1) is 9.67. The summed E-state index contributed by atoms with van der Waals surface area (Å²) < 4.78 is 16.5. The Morgan fingerprint density at radius 2 is 2.30 bits per heavy atom. The largest absolute Gasteiger partial charge is 0.364 e. The number of nitrogens with zero attached hydrogens (tertiary/aromatic N) is 1. The maximum Gasteiger partial charge on any atom is 0.273 e. The van der Waals surface area contributed by atoms with Gasteiger partial charge < -0.3 is 19.3 Å². The first kappa shape index (κ1) is 13.6. The van der Waals surface area contributed by atoms with Crippen LogP contribution in [0.25, 0.3) is 0 Å². The third kappa shape index (κ3) is 2.86. The highest BCUT2D eigenvalue weighted by molar-refractivity contribution is 5.91. The molecule has 2 fully saturated rings. The fraction of sp³-hybridized carbons (Fsp3) is 0.714. The topological polar surface area (TPSA) is 73.6 Å². The molecule has 1 aromatic rings. The van der Waals surface area contributed by atoms with Crippen molar-refractivity contribution in [2.45, 2.75) is 44.5 Å². The molecule has 1 aliphatic heterocycles. The highest BCUT2D eigenvalue weighted by Crippen LogP contribution is 2.39. The van der Waals surface area contributed by atoms with Crippen molar-refractivity contribution < 1.29 is 18.8 Å². The average Bonchev–Trinajstić information content (AvgIpc) is 3.10. The van der Waals surface area contributed by atoms with Gasteiger partial charge in [0.05, 0.1) is 6.61 Å². The van der Waals surface area contributed by atoms with Crippen LogP contribution in [0.4, 0.5) is 0 Å². The molecule has 0 aromatic carbocycles. The van der Waals surface area contributed by atoms with Gasteiger partial charge in [-0.2, -0.15) is 0 Å². The Morgan fingerprint density at radius 1 is 1.50 bits per heavy atom. The maximum atomic E-state index is 11.7. The summed E-state index contributed by atoms with van der Waals surface area (Å²) in [5.74, 6) is 0.0924. The van der Waals surface area contributed by atoms with Crippen LogP contribution in [-0.2, 0) is 9.47 Å². The molecule has 1 spiro atoms. The number of rotatable bonds is 3. The number of hydrogen-bond donors (Lipinski definition) is 1. The quantitative estimate of drug-likeness (QED) is 0.912. The van der Waals surface area contributed by atoms with E-state index >= 15 is 0 Å². The molecule has 6 nitrogen and oxygen atoms in total. The SMILES string of the molecule is CC1CCC2(CC1)OC[C@@H](CNC(=O)c1ccon1)O2. The number of ether oxygens (including phenoxy) is 2. The third-order valence-electron chi connectivity index (χ3n) is 4.11. The average molecular weight is 280 g/mol. The molecular formula is C14H20N2O4. The van der Waals surface area contributed by atoms with Crippen LogP contribution in [0.5, 0.6) is 0 Å². The summed E-state index contributed by atoms with van der Waals surface area (Å²) in [5, 5.41) is 6.39. The van der Waals surface area contributed by atoms with E-state index in [2.05, 4.69) is 21.9 Å². The van der Waals surface area contributed by atoms with Gasteiger partial charge in [0.25, 0.3) is 5.91 Å². The normalized spacial score (nSPS) is 33.5. The molecule has 0 radical (unpaired) electrons. The molecule has 1 amide bonds. The van der Waals surface area contributed by atoms with Gasteiger partial charge in [-0.3, -0.25) is 4.79 Å². The Morgan fingerprint density at radius 3 is 3.00 bits per heavy atom. The maximum absolute atomic E-state index is 11.7. The zero-order valence-electron chi connectivity index (χ0n) is 11.6. The summed E-state index contributed by atoms with van der Waals surface area (Å²) >= 11 is 0. The molecule has 1 aromatic heterocycles. The van der Waals surface area contributed by atoms with E-state index in [0.717, 1.165) is 31.6 Å². The van der Waals surface area contributed by atoms with E-state index in [1.807, 2.05) is 0 Å².